The van der Waals surface area contributed by atoms with Crippen LogP contribution in [0.1, 0.15) is 24.8 Å². The van der Waals surface area contributed by atoms with Crippen molar-refractivity contribution in [1.82, 2.24) is 4.31 Å². The Labute approximate surface area is 109 Å². The molecule has 0 amide bonds. The summed E-state index contributed by atoms with van der Waals surface area (Å²) in [5.41, 5.74) is 1.06. The molecule has 1 aliphatic carbocycles. The molecule has 3 nitrogen and oxygen atoms in total. The van der Waals surface area contributed by atoms with Gasteiger partial charge in [0.25, 0.3) is 0 Å². The van der Waals surface area contributed by atoms with E-state index in [1.807, 2.05) is 25.1 Å². The van der Waals surface area contributed by atoms with E-state index in [1.165, 1.54) is 4.31 Å². The Morgan fingerprint density at radius 2 is 1.89 bits per heavy atom. The number of hydrogen-bond acceptors (Lipinski definition) is 2. The molecule has 1 aromatic carbocycles. The highest BCUT2D eigenvalue weighted by Gasteiger charge is 2.26. The molecule has 0 saturated heterocycles. The lowest BCUT2D eigenvalue weighted by atomic mass is 10.0. The summed E-state index contributed by atoms with van der Waals surface area (Å²) in [6.45, 7) is 1.95. The summed E-state index contributed by atoms with van der Waals surface area (Å²) in [5, 5.41) is 0. The number of benzene rings is 1. The second kappa shape index (κ2) is 5.24. The summed E-state index contributed by atoms with van der Waals surface area (Å²) >= 11 is 0. The lowest BCUT2D eigenvalue weighted by Crippen LogP contribution is -2.36. The number of hydrogen-bond donors (Lipinski definition) is 0. The molecule has 0 saturated carbocycles. The molecule has 18 heavy (non-hydrogen) atoms. The van der Waals surface area contributed by atoms with Crippen molar-refractivity contribution in [3.63, 3.8) is 0 Å². The summed E-state index contributed by atoms with van der Waals surface area (Å²) < 4.78 is 26.3. The van der Waals surface area contributed by atoms with Crippen LogP contribution in [0.3, 0.4) is 0 Å². The third kappa shape index (κ3) is 2.65. The highest BCUT2D eigenvalue weighted by molar-refractivity contribution is 7.89. The average Bonchev–Trinajstić information content (AvgIpc) is 2.39. The number of allylic oxidation sites excluding steroid dienone is 1. The number of nitrogens with zero attached hydrogens (tertiary/aromatic N) is 1. The van der Waals surface area contributed by atoms with Crippen LogP contribution in [0.4, 0.5) is 0 Å². The van der Waals surface area contributed by atoms with Crippen molar-refractivity contribution in [3.05, 3.63) is 42.0 Å². The predicted octanol–water partition coefficient (Wildman–Crippen LogP) is 2.72. The topological polar surface area (TPSA) is 37.4 Å². The van der Waals surface area contributed by atoms with Crippen molar-refractivity contribution in [3.8, 4) is 0 Å². The second-order valence-corrected chi connectivity index (χ2v) is 6.76. The quantitative estimate of drug-likeness (QED) is 0.788. The predicted molar refractivity (Wildman–Crippen MR) is 72.9 cm³/mol. The van der Waals surface area contributed by atoms with Gasteiger partial charge in [0.15, 0.2) is 0 Å². The summed E-state index contributed by atoms with van der Waals surface area (Å²) in [6.07, 6.45) is 7.06. The van der Waals surface area contributed by atoms with Gasteiger partial charge in [-0.1, -0.05) is 29.8 Å². The molecule has 1 aliphatic rings. The SMILES string of the molecule is Cc1ccc(S(=O)(=O)N(C)C2C=CCCC2)cc1. The highest BCUT2D eigenvalue weighted by atomic mass is 32.2. The minimum atomic E-state index is -3.37. The van der Waals surface area contributed by atoms with E-state index in [4.69, 9.17) is 0 Å². The molecule has 1 atom stereocenters. The highest BCUT2D eigenvalue weighted by Crippen LogP contribution is 2.22. The minimum Gasteiger partial charge on any atom is -0.207 e. The zero-order chi connectivity index (χ0) is 13.2. The number of sulfonamides is 1. The van der Waals surface area contributed by atoms with Gasteiger partial charge in [0.05, 0.1) is 4.90 Å². The number of aryl methyl sites for hydroxylation is 1. The summed E-state index contributed by atoms with van der Waals surface area (Å²) in [7, 11) is -1.71. The average molecular weight is 265 g/mol. The van der Waals surface area contributed by atoms with Crippen molar-refractivity contribution in [2.75, 3.05) is 7.05 Å². The van der Waals surface area contributed by atoms with Gasteiger partial charge in [-0.15, -0.1) is 0 Å². The standard InChI is InChI=1S/C14H19NO2S/c1-12-8-10-14(11-9-12)18(16,17)15(2)13-6-4-3-5-7-13/h4,6,8-11,13H,3,5,7H2,1-2H3. The van der Waals surface area contributed by atoms with Crippen molar-refractivity contribution >= 4 is 10.0 Å². The summed E-state index contributed by atoms with van der Waals surface area (Å²) in [4.78, 5) is 0.370. The Hall–Kier alpha value is -1.13. The Morgan fingerprint density at radius 1 is 1.22 bits per heavy atom. The van der Waals surface area contributed by atoms with E-state index in [0.29, 0.717) is 4.90 Å². The zero-order valence-corrected chi connectivity index (χ0v) is 11.7. The lowest BCUT2D eigenvalue weighted by Gasteiger charge is -2.27. The van der Waals surface area contributed by atoms with Crippen LogP contribution in [0.2, 0.25) is 0 Å². The van der Waals surface area contributed by atoms with E-state index >= 15 is 0 Å². The van der Waals surface area contributed by atoms with E-state index in [1.54, 1.807) is 19.2 Å². The van der Waals surface area contributed by atoms with Gasteiger partial charge in [-0.2, -0.15) is 4.31 Å². The van der Waals surface area contributed by atoms with Gasteiger partial charge in [-0.05, 0) is 38.3 Å². The first-order valence-electron chi connectivity index (χ1n) is 6.23. The summed E-state index contributed by atoms with van der Waals surface area (Å²) in [6, 6.07) is 7.00. The molecular formula is C14H19NO2S. The lowest BCUT2D eigenvalue weighted by molar-refractivity contribution is 0.386. The van der Waals surface area contributed by atoms with Crippen LogP contribution in [0, 0.1) is 6.92 Å². The van der Waals surface area contributed by atoms with Crippen LogP contribution in [0.25, 0.3) is 0 Å². The number of likely N-dealkylation sites (N-methyl/N-ethyl adjacent to an activating group) is 1. The van der Waals surface area contributed by atoms with Crippen LogP contribution < -0.4 is 0 Å². The van der Waals surface area contributed by atoms with Crippen molar-refractivity contribution in [2.24, 2.45) is 0 Å². The Balaban J connectivity index is 2.27. The van der Waals surface area contributed by atoms with Gasteiger partial charge in [-0.3, -0.25) is 0 Å². The molecule has 4 heteroatoms. The Kier molecular flexibility index (Phi) is 3.88. The normalized spacial score (nSPS) is 20.3. The van der Waals surface area contributed by atoms with E-state index in [2.05, 4.69) is 6.08 Å². The van der Waals surface area contributed by atoms with Gasteiger partial charge in [0, 0.05) is 13.1 Å². The fraction of sp³-hybridized carbons (Fsp3) is 0.429. The van der Waals surface area contributed by atoms with E-state index in [-0.39, 0.29) is 6.04 Å². The molecule has 1 unspecified atom stereocenters. The van der Waals surface area contributed by atoms with Gasteiger partial charge >= 0.3 is 0 Å². The zero-order valence-electron chi connectivity index (χ0n) is 10.8. The monoisotopic (exact) mass is 265 g/mol. The fourth-order valence-corrected chi connectivity index (χ4v) is 3.50. The smallest absolute Gasteiger partial charge is 0.207 e. The molecule has 98 valence electrons. The third-order valence-electron chi connectivity index (χ3n) is 3.39. The molecule has 0 heterocycles. The second-order valence-electron chi connectivity index (χ2n) is 4.76. The maximum atomic E-state index is 12.4. The van der Waals surface area contributed by atoms with Crippen LogP contribution in [0.5, 0.6) is 0 Å². The molecule has 0 aliphatic heterocycles. The molecule has 0 radical (unpaired) electrons. The maximum Gasteiger partial charge on any atom is 0.243 e. The van der Waals surface area contributed by atoms with Gasteiger partial charge < -0.3 is 0 Å². The minimum absolute atomic E-state index is 0.00921. The molecule has 0 bridgehead atoms. The Morgan fingerprint density at radius 3 is 2.44 bits per heavy atom. The largest absolute Gasteiger partial charge is 0.243 e. The first-order chi connectivity index (χ1) is 8.51. The molecule has 2 rings (SSSR count). The first kappa shape index (κ1) is 13.3. The van der Waals surface area contributed by atoms with Crippen molar-refractivity contribution in [1.29, 1.82) is 0 Å². The molecular weight excluding hydrogens is 246 g/mol. The molecule has 1 aromatic rings. The molecule has 0 fully saturated rings. The van der Waals surface area contributed by atoms with Gasteiger partial charge in [-0.25, -0.2) is 8.42 Å². The van der Waals surface area contributed by atoms with Crippen LogP contribution in [-0.2, 0) is 10.0 Å². The first-order valence-corrected chi connectivity index (χ1v) is 7.67. The van der Waals surface area contributed by atoms with Gasteiger partial charge in [0.2, 0.25) is 10.0 Å². The van der Waals surface area contributed by atoms with Crippen LogP contribution in [-0.4, -0.2) is 25.8 Å². The molecule has 0 aromatic heterocycles. The van der Waals surface area contributed by atoms with Crippen LogP contribution >= 0.6 is 0 Å². The number of rotatable bonds is 3. The van der Waals surface area contributed by atoms with E-state index < -0.39 is 10.0 Å². The fourth-order valence-electron chi connectivity index (χ4n) is 2.15. The van der Waals surface area contributed by atoms with Crippen molar-refractivity contribution in [2.45, 2.75) is 37.1 Å². The van der Waals surface area contributed by atoms with E-state index in [0.717, 1.165) is 24.8 Å². The summed E-state index contributed by atoms with van der Waals surface area (Å²) in [5.74, 6) is 0. The van der Waals surface area contributed by atoms with Gasteiger partial charge in [0.1, 0.15) is 0 Å². The van der Waals surface area contributed by atoms with Crippen molar-refractivity contribution < 1.29 is 8.42 Å². The maximum absolute atomic E-state index is 12.4. The van der Waals surface area contributed by atoms with E-state index in [9.17, 15) is 8.42 Å². The van der Waals surface area contributed by atoms with Crippen LogP contribution in [0.15, 0.2) is 41.3 Å². The third-order valence-corrected chi connectivity index (χ3v) is 5.29. The molecule has 0 N–H and O–H groups in total. The molecule has 0 spiro atoms. The Bertz CT molecular complexity index is 531.